The van der Waals surface area contributed by atoms with Crippen molar-refractivity contribution >= 4 is 5.97 Å². The van der Waals surface area contributed by atoms with E-state index in [1.54, 1.807) is 0 Å². The van der Waals surface area contributed by atoms with Gasteiger partial charge < -0.3 is 10.0 Å². The predicted molar refractivity (Wildman–Crippen MR) is 76.2 cm³/mol. The van der Waals surface area contributed by atoms with Gasteiger partial charge in [0.25, 0.3) is 0 Å². The fourth-order valence-corrected chi connectivity index (χ4v) is 2.98. The number of carbonyl (C=O) groups is 1. The molecule has 0 bridgehead atoms. The highest BCUT2D eigenvalue weighted by Gasteiger charge is 2.26. The van der Waals surface area contributed by atoms with Gasteiger partial charge in [0.2, 0.25) is 0 Å². The maximum Gasteiger partial charge on any atom is 0.306 e. The molecule has 1 fully saturated rings. The van der Waals surface area contributed by atoms with Crippen molar-refractivity contribution in [3.05, 3.63) is 35.4 Å². The summed E-state index contributed by atoms with van der Waals surface area (Å²) in [7, 11) is 4.15. The van der Waals surface area contributed by atoms with Crippen LogP contribution in [0.15, 0.2) is 24.3 Å². The largest absolute Gasteiger partial charge is 0.481 e. The summed E-state index contributed by atoms with van der Waals surface area (Å²) in [4.78, 5) is 13.1. The van der Waals surface area contributed by atoms with Gasteiger partial charge in [0.05, 0.1) is 5.92 Å². The number of benzene rings is 1. The van der Waals surface area contributed by atoms with Crippen molar-refractivity contribution in [3.63, 3.8) is 0 Å². The Morgan fingerprint density at radius 1 is 1.26 bits per heavy atom. The minimum Gasteiger partial charge on any atom is -0.481 e. The van der Waals surface area contributed by atoms with E-state index >= 15 is 0 Å². The van der Waals surface area contributed by atoms with Gasteiger partial charge in [-0.05, 0) is 56.8 Å². The SMILES string of the molecule is CN(C)Cc1cccc(C2CCC(C(=O)O)CC2)c1. The average molecular weight is 261 g/mol. The molecule has 0 heterocycles. The van der Waals surface area contributed by atoms with E-state index in [9.17, 15) is 4.79 Å². The third kappa shape index (κ3) is 3.80. The van der Waals surface area contributed by atoms with Crippen LogP contribution in [0.3, 0.4) is 0 Å². The van der Waals surface area contributed by atoms with Gasteiger partial charge in [0.15, 0.2) is 0 Å². The fourth-order valence-electron chi connectivity index (χ4n) is 2.98. The second-order valence-electron chi connectivity index (χ2n) is 5.87. The summed E-state index contributed by atoms with van der Waals surface area (Å²) < 4.78 is 0. The summed E-state index contributed by atoms with van der Waals surface area (Å²) in [6.07, 6.45) is 3.64. The van der Waals surface area contributed by atoms with Crippen molar-refractivity contribution < 1.29 is 9.90 Å². The fraction of sp³-hybridized carbons (Fsp3) is 0.562. The van der Waals surface area contributed by atoms with Crippen LogP contribution in [-0.4, -0.2) is 30.1 Å². The first-order chi connectivity index (χ1) is 9.06. The van der Waals surface area contributed by atoms with Crippen molar-refractivity contribution in [1.29, 1.82) is 0 Å². The van der Waals surface area contributed by atoms with Gasteiger partial charge in [0, 0.05) is 6.54 Å². The first-order valence-corrected chi connectivity index (χ1v) is 7.02. The molecule has 1 aromatic carbocycles. The van der Waals surface area contributed by atoms with Crippen molar-refractivity contribution in [2.24, 2.45) is 5.92 Å². The lowest BCUT2D eigenvalue weighted by atomic mass is 9.78. The van der Waals surface area contributed by atoms with Gasteiger partial charge >= 0.3 is 5.97 Å². The molecule has 0 unspecified atom stereocenters. The zero-order chi connectivity index (χ0) is 13.8. The molecule has 1 saturated carbocycles. The minimum absolute atomic E-state index is 0.124. The summed E-state index contributed by atoms with van der Waals surface area (Å²) in [6.45, 7) is 0.957. The third-order valence-electron chi connectivity index (χ3n) is 4.00. The molecule has 0 radical (unpaired) electrons. The third-order valence-corrected chi connectivity index (χ3v) is 4.00. The second-order valence-corrected chi connectivity index (χ2v) is 5.87. The number of hydrogen-bond acceptors (Lipinski definition) is 2. The summed E-state index contributed by atoms with van der Waals surface area (Å²) in [5, 5.41) is 9.03. The molecule has 2 rings (SSSR count). The van der Waals surface area contributed by atoms with Crippen LogP contribution in [0.25, 0.3) is 0 Å². The van der Waals surface area contributed by atoms with E-state index in [1.807, 2.05) is 0 Å². The van der Waals surface area contributed by atoms with Gasteiger partial charge in [-0.25, -0.2) is 0 Å². The lowest BCUT2D eigenvalue weighted by molar-refractivity contribution is -0.142. The van der Waals surface area contributed by atoms with Crippen LogP contribution in [0, 0.1) is 5.92 Å². The van der Waals surface area contributed by atoms with Crippen molar-refractivity contribution in [3.8, 4) is 0 Å². The number of rotatable bonds is 4. The van der Waals surface area contributed by atoms with Gasteiger partial charge in [-0.15, -0.1) is 0 Å². The zero-order valence-corrected chi connectivity index (χ0v) is 11.8. The first kappa shape index (κ1) is 14.1. The maximum atomic E-state index is 11.0. The highest BCUT2D eigenvalue weighted by molar-refractivity contribution is 5.70. The average Bonchev–Trinajstić information content (AvgIpc) is 2.38. The number of aliphatic carboxylic acids is 1. The van der Waals surface area contributed by atoms with E-state index < -0.39 is 5.97 Å². The van der Waals surface area contributed by atoms with E-state index in [1.165, 1.54) is 11.1 Å². The van der Waals surface area contributed by atoms with Crippen molar-refractivity contribution in [2.75, 3.05) is 14.1 Å². The Balaban J connectivity index is 2.01. The van der Waals surface area contributed by atoms with Gasteiger partial charge in [-0.1, -0.05) is 24.3 Å². The molecule has 19 heavy (non-hydrogen) atoms. The number of hydrogen-bond donors (Lipinski definition) is 1. The van der Waals surface area contributed by atoms with E-state index in [0.29, 0.717) is 5.92 Å². The van der Waals surface area contributed by atoms with Crippen LogP contribution < -0.4 is 0 Å². The molecule has 1 N–H and O–H groups in total. The van der Waals surface area contributed by atoms with Gasteiger partial charge in [0.1, 0.15) is 0 Å². The first-order valence-electron chi connectivity index (χ1n) is 7.02. The molecule has 0 atom stereocenters. The molecular formula is C16H23NO2. The number of carboxylic acid groups (broad SMARTS) is 1. The van der Waals surface area contributed by atoms with Crippen LogP contribution in [0.5, 0.6) is 0 Å². The van der Waals surface area contributed by atoms with Gasteiger partial charge in [-0.3, -0.25) is 4.79 Å². The predicted octanol–water partition coefficient (Wildman–Crippen LogP) is 3.11. The Kier molecular flexibility index (Phi) is 4.59. The standard InChI is InChI=1S/C16H23NO2/c1-17(2)11-12-4-3-5-15(10-12)13-6-8-14(9-7-13)16(18)19/h3-5,10,13-14H,6-9,11H2,1-2H3,(H,18,19). The molecular weight excluding hydrogens is 238 g/mol. The molecule has 1 aliphatic rings. The van der Waals surface area contributed by atoms with E-state index in [-0.39, 0.29) is 5.92 Å². The molecule has 1 aliphatic carbocycles. The van der Waals surface area contributed by atoms with Crippen LogP contribution >= 0.6 is 0 Å². The molecule has 3 heteroatoms. The summed E-state index contributed by atoms with van der Waals surface area (Å²) >= 11 is 0. The molecule has 0 spiro atoms. The molecule has 104 valence electrons. The molecule has 0 amide bonds. The number of nitrogens with zero attached hydrogens (tertiary/aromatic N) is 1. The summed E-state index contributed by atoms with van der Waals surface area (Å²) in [6, 6.07) is 8.75. The Bertz CT molecular complexity index is 434. The number of carboxylic acids is 1. The lowest BCUT2D eigenvalue weighted by Crippen LogP contribution is -2.20. The summed E-state index contributed by atoms with van der Waals surface area (Å²) in [5.41, 5.74) is 2.71. The van der Waals surface area contributed by atoms with E-state index in [4.69, 9.17) is 5.11 Å². The van der Waals surface area contributed by atoms with Gasteiger partial charge in [-0.2, -0.15) is 0 Å². The van der Waals surface area contributed by atoms with E-state index in [0.717, 1.165) is 32.2 Å². The maximum absolute atomic E-state index is 11.0. The van der Waals surface area contributed by atoms with Crippen molar-refractivity contribution in [1.82, 2.24) is 4.90 Å². The van der Waals surface area contributed by atoms with E-state index in [2.05, 4.69) is 43.3 Å². The molecule has 1 aromatic rings. The quantitative estimate of drug-likeness (QED) is 0.905. The highest BCUT2D eigenvalue weighted by Crippen LogP contribution is 2.36. The smallest absolute Gasteiger partial charge is 0.306 e. The Morgan fingerprint density at radius 2 is 1.95 bits per heavy atom. The molecule has 3 nitrogen and oxygen atoms in total. The molecule has 0 saturated heterocycles. The summed E-state index contributed by atoms with van der Waals surface area (Å²) in [5.74, 6) is -0.210. The molecule has 0 aromatic heterocycles. The lowest BCUT2D eigenvalue weighted by Gasteiger charge is -2.26. The molecule has 0 aliphatic heterocycles. The van der Waals surface area contributed by atoms with Crippen molar-refractivity contribution in [2.45, 2.75) is 38.1 Å². The van der Waals surface area contributed by atoms with Crippen LogP contribution in [-0.2, 0) is 11.3 Å². The van der Waals surface area contributed by atoms with Crippen LogP contribution in [0.4, 0.5) is 0 Å². The zero-order valence-electron chi connectivity index (χ0n) is 11.8. The monoisotopic (exact) mass is 261 g/mol. The van der Waals surface area contributed by atoms with Crippen LogP contribution in [0.2, 0.25) is 0 Å². The topological polar surface area (TPSA) is 40.5 Å². The highest BCUT2D eigenvalue weighted by atomic mass is 16.4. The normalized spacial score (nSPS) is 23.5. The Labute approximate surface area is 115 Å². The van der Waals surface area contributed by atoms with Crippen LogP contribution in [0.1, 0.15) is 42.7 Å². The Hall–Kier alpha value is -1.35. The second kappa shape index (κ2) is 6.20. The minimum atomic E-state index is -0.625. The Morgan fingerprint density at radius 3 is 2.53 bits per heavy atom.